The van der Waals surface area contributed by atoms with Crippen LogP contribution < -0.4 is 10.9 Å². The van der Waals surface area contributed by atoms with E-state index in [2.05, 4.69) is 20.5 Å². The summed E-state index contributed by atoms with van der Waals surface area (Å²) in [5, 5.41) is 12.9. The van der Waals surface area contributed by atoms with Crippen molar-refractivity contribution in [3.8, 4) is 11.4 Å². The number of carbonyl (C=O) groups is 1. The van der Waals surface area contributed by atoms with Crippen LogP contribution in [-0.4, -0.2) is 27.3 Å². The van der Waals surface area contributed by atoms with E-state index in [0.29, 0.717) is 25.1 Å². The van der Waals surface area contributed by atoms with Crippen LogP contribution in [0.4, 0.5) is 13.2 Å². The Bertz CT molecular complexity index is 1200. The van der Waals surface area contributed by atoms with E-state index in [-0.39, 0.29) is 18.5 Å². The average Bonchev–Trinajstić information content (AvgIpc) is 2.82. The monoisotopic (exact) mass is 458 g/mol. The number of aromatic amines is 1. The number of fused-ring (bicyclic) bond motifs is 1. The van der Waals surface area contributed by atoms with Gasteiger partial charge >= 0.3 is 6.18 Å². The minimum absolute atomic E-state index is 0.0398. The fraction of sp³-hybridized carbons (Fsp3) is 0.417. The molecule has 0 radical (unpaired) electrons. The van der Waals surface area contributed by atoms with Gasteiger partial charge in [-0.15, -0.1) is 10.2 Å². The third-order valence-electron chi connectivity index (χ3n) is 6.33. The van der Waals surface area contributed by atoms with Gasteiger partial charge in [-0.1, -0.05) is 55.8 Å². The normalized spacial score (nSPS) is 19.9. The molecule has 1 aliphatic rings. The zero-order valence-electron chi connectivity index (χ0n) is 18.2. The fourth-order valence-electron chi connectivity index (χ4n) is 4.51. The Morgan fingerprint density at radius 3 is 2.64 bits per heavy atom. The first-order valence-corrected chi connectivity index (χ1v) is 11.1. The topological polar surface area (TPSA) is 87.7 Å². The van der Waals surface area contributed by atoms with Crippen LogP contribution in [0.3, 0.4) is 0 Å². The Kier molecular flexibility index (Phi) is 6.49. The van der Waals surface area contributed by atoms with Gasteiger partial charge in [0.25, 0.3) is 5.56 Å². The second-order valence-electron chi connectivity index (χ2n) is 8.49. The highest BCUT2D eigenvalue weighted by Gasteiger charge is 2.43. The lowest BCUT2D eigenvalue weighted by atomic mass is 9.80. The first-order valence-electron chi connectivity index (χ1n) is 11.1. The lowest BCUT2D eigenvalue weighted by Crippen LogP contribution is -2.40. The van der Waals surface area contributed by atoms with Crippen LogP contribution >= 0.6 is 0 Å². The van der Waals surface area contributed by atoms with Crippen molar-refractivity contribution in [2.75, 3.05) is 0 Å². The van der Waals surface area contributed by atoms with E-state index in [0.717, 1.165) is 16.3 Å². The predicted octanol–water partition coefficient (Wildman–Crippen LogP) is 4.92. The van der Waals surface area contributed by atoms with E-state index in [1.807, 2.05) is 42.5 Å². The molecule has 0 spiro atoms. The van der Waals surface area contributed by atoms with Crippen LogP contribution in [0.2, 0.25) is 0 Å². The first kappa shape index (κ1) is 22.9. The number of carbonyl (C=O) groups excluding carboxylic acids is 1. The summed E-state index contributed by atoms with van der Waals surface area (Å²) in [6, 6.07) is 12.6. The zero-order valence-corrected chi connectivity index (χ0v) is 18.2. The van der Waals surface area contributed by atoms with E-state index in [1.54, 1.807) is 6.92 Å². The number of hydrogen-bond donors (Lipinski definition) is 2. The highest BCUT2D eigenvalue weighted by molar-refractivity contribution is 5.94. The van der Waals surface area contributed by atoms with Crippen molar-refractivity contribution in [2.24, 2.45) is 11.8 Å². The summed E-state index contributed by atoms with van der Waals surface area (Å²) in [6.07, 6.45) is -3.38. The minimum Gasteiger partial charge on any atom is -0.347 e. The van der Waals surface area contributed by atoms with E-state index in [1.165, 1.54) is 0 Å². The largest absolute Gasteiger partial charge is 0.391 e. The standard InChI is InChI=1S/C24H25F3N4O2/c1-2-19(28-22(32)15-9-5-10-16(13-15)24(25,26)27)20-23(33)29-21(31-30-20)18-12-6-8-14-7-3-4-11-17(14)18/h3-4,6-8,11-12,15-16,19H,2,5,9-10,13H2,1H3,(H,28,32)(H,29,31,33). The molecule has 0 bridgehead atoms. The molecule has 2 aromatic carbocycles. The molecular formula is C24H25F3N4O2. The molecule has 33 heavy (non-hydrogen) atoms. The maximum atomic E-state index is 13.1. The number of amides is 1. The molecule has 174 valence electrons. The van der Waals surface area contributed by atoms with Crippen LogP contribution in [0.25, 0.3) is 22.2 Å². The highest BCUT2D eigenvalue weighted by atomic mass is 19.4. The average molecular weight is 458 g/mol. The number of nitrogens with one attached hydrogen (secondary N) is 2. The molecule has 1 saturated carbocycles. The summed E-state index contributed by atoms with van der Waals surface area (Å²) in [5.41, 5.74) is 0.275. The lowest BCUT2D eigenvalue weighted by Gasteiger charge is -2.30. The molecule has 1 aromatic heterocycles. The maximum Gasteiger partial charge on any atom is 0.391 e. The van der Waals surface area contributed by atoms with Crippen molar-refractivity contribution in [1.29, 1.82) is 0 Å². The lowest BCUT2D eigenvalue weighted by molar-refractivity contribution is -0.186. The summed E-state index contributed by atoms with van der Waals surface area (Å²) in [6.45, 7) is 1.77. The predicted molar refractivity (Wildman–Crippen MR) is 118 cm³/mol. The summed E-state index contributed by atoms with van der Waals surface area (Å²) < 4.78 is 39.3. The van der Waals surface area contributed by atoms with Crippen LogP contribution in [0.15, 0.2) is 47.3 Å². The van der Waals surface area contributed by atoms with Crippen LogP contribution in [0, 0.1) is 11.8 Å². The van der Waals surface area contributed by atoms with Gasteiger partial charge in [-0.3, -0.25) is 9.59 Å². The van der Waals surface area contributed by atoms with E-state index in [4.69, 9.17) is 0 Å². The molecule has 0 aliphatic heterocycles. The third-order valence-corrected chi connectivity index (χ3v) is 6.33. The molecule has 1 heterocycles. The van der Waals surface area contributed by atoms with Crippen LogP contribution in [-0.2, 0) is 4.79 Å². The van der Waals surface area contributed by atoms with Gasteiger partial charge in [-0.05, 0) is 36.5 Å². The van der Waals surface area contributed by atoms with Crippen molar-refractivity contribution in [1.82, 2.24) is 20.5 Å². The molecular weight excluding hydrogens is 433 g/mol. The number of rotatable bonds is 5. The second kappa shape index (κ2) is 9.33. The number of H-pyrrole nitrogens is 1. The molecule has 3 atom stereocenters. The molecule has 6 nitrogen and oxygen atoms in total. The summed E-state index contributed by atoms with van der Waals surface area (Å²) >= 11 is 0. The number of halogens is 3. The van der Waals surface area contributed by atoms with Gasteiger partial charge in [0.15, 0.2) is 11.5 Å². The molecule has 1 aliphatic carbocycles. The van der Waals surface area contributed by atoms with Gasteiger partial charge in [0.05, 0.1) is 12.0 Å². The summed E-state index contributed by atoms with van der Waals surface area (Å²) in [7, 11) is 0. The second-order valence-corrected chi connectivity index (χ2v) is 8.49. The molecule has 3 unspecified atom stereocenters. The van der Waals surface area contributed by atoms with Crippen molar-refractivity contribution in [3.63, 3.8) is 0 Å². The third kappa shape index (κ3) is 4.91. The SMILES string of the molecule is CCC(NC(=O)C1CCCC(C(F)(F)F)C1)c1nnc(-c2cccc3ccccc23)[nH]c1=O. The molecule has 2 N–H and O–H groups in total. The summed E-state index contributed by atoms with van der Waals surface area (Å²) in [4.78, 5) is 28.3. The van der Waals surface area contributed by atoms with E-state index >= 15 is 0 Å². The molecule has 3 aromatic rings. The number of benzene rings is 2. The van der Waals surface area contributed by atoms with Gasteiger partial charge in [0.1, 0.15) is 0 Å². The number of hydrogen-bond acceptors (Lipinski definition) is 4. The zero-order chi connectivity index (χ0) is 23.6. The summed E-state index contributed by atoms with van der Waals surface area (Å²) in [5.74, 6) is -2.37. The molecule has 4 rings (SSSR count). The van der Waals surface area contributed by atoms with Gasteiger partial charge in [0, 0.05) is 11.5 Å². The van der Waals surface area contributed by atoms with Crippen LogP contribution in [0.1, 0.15) is 50.8 Å². The van der Waals surface area contributed by atoms with Crippen molar-refractivity contribution < 1.29 is 18.0 Å². The van der Waals surface area contributed by atoms with Gasteiger partial charge < -0.3 is 10.3 Å². The van der Waals surface area contributed by atoms with Crippen molar-refractivity contribution in [2.45, 2.75) is 51.2 Å². The Labute approximate surface area is 188 Å². The van der Waals surface area contributed by atoms with Gasteiger partial charge in [0.2, 0.25) is 5.91 Å². The Hall–Kier alpha value is -3.23. The van der Waals surface area contributed by atoms with Crippen molar-refractivity contribution >= 4 is 16.7 Å². The Balaban J connectivity index is 1.54. The van der Waals surface area contributed by atoms with E-state index in [9.17, 15) is 22.8 Å². The van der Waals surface area contributed by atoms with Crippen LogP contribution in [0.5, 0.6) is 0 Å². The Morgan fingerprint density at radius 2 is 1.91 bits per heavy atom. The molecule has 0 saturated heterocycles. The van der Waals surface area contributed by atoms with Crippen molar-refractivity contribution in [3.05, 3.63) is 58.5 Å². The number of alkyl halides is 3. The number of nitrogens with zero attached hydrogens (tertiary/aromatic N) is 2. The molecule has 1 fully saturated rings. The fourth-order valence-corrected chi connectivity index (χ4v) is 4.51. The Morgan fingerprint density at radius 1 is 1.15 bits per heavy atom. The molecule has 1 amide bonds. The molecule has 9 heteroatoms. The van der Waals surface area contributed by atoms with Gasteiger partial charge in [-0.2, -0.15) is 13.2 Å². The smallest absolute Gasteiger partial charge is 0.347 e. The quantitative estimate of drug-likeness (QED) is 0.568. The van der Waals surface area contributed by atoms with Gasteiger partial charge in [-0.25, -0.2) is 0 Å². The first-order chi connectivity index (χ1) is 15.8. The number of aromatic nitrogens is 3. The highest BCUT2D eigenvalue weighted by Crippen LogP contribution is 2.40. The van der Waals surface area contributed by atoms with E-state index < -0.39 is 35.5 Å². The maximum absolute atomic E-state index is 13.1. The minimum atomic E-state index is -4.30.